The lowest BCUT2D eigenvalue weighted by Crippen LogP contribution is -2.13. The van der Waals surface area contributed by atoms with Gasteiger partial charge in [-0.1, -0.05) is 12.1 Å². The minimum Gasteiger partial charge on any atom is -0.361 e. The molecule has 7 rings (SSSR count). The molecule has 188 valence electrons. The molecule has 4 aromatic carbocycles. The molecular weight excluding hydrogens is 488 g/mol. The molecule has 8 heteroatoms. The summed E-state index contributed by atoms with van der Waals surface area (Å²) >= 11 is 0. The Bertz CT molecular complexity index is 2000. The van der Waals surface area contributed by atoms with E-state index in [1.807, 2.05) is 108 Å². The fraction of sp³-hybridized carbons (Fsp3) is 0. The summed E-state index contributed by atoms with van der Waals surface area (Å²) in [5, 5.41) is 10.6. The molecule has 0 atom stereocenters. The Labute approximate surface area is 222 Å². The van der Waals surface area contributed by atoms with Gasteiger partial charge in [-0.05, 0) is 89.6 Å². The Morgan fingerprint density at radius 3 is 2.23 bits per heavy atom. The smallest absolute Gasteiger partial charge is 0.255 e. The molecule has 0 saturated heterocycles. The molecule has 3 aromatic heterocycles. The van der Waals surface area contributed by atoms with E-state index in [4.69, 9.17) is 0 Å². The van der Waals surface area contributed by atoms with Crippen LogP contribution in [0.5, 0.6) is 0 Å². The number of hydrogen-bond acceptors (Lipinski definition) is 3. The molecule has 0 spiro atoms. The Morgan fingerprint density at radius 2 is 1.46 bits per heavy atom. The molecule has 0 fully saturated rings. The van der Waals surface area contributed by atoms with Gasteiger partial charge in [0.25, 0.3) is 5.91 Å². The zero-order valence-corrected chi connectivity index (χ0v) is 20.6. The van der Waals surface area contributed by atoms with Gasteiger partial charge in [-0.15, -0.1) is 0 Å². The van der Waals surface area contributed by atoms with Crippen molar-refractivity contribution in [3.63, 3.8) is 0 Å². The summed E-state index contributed by atoms with van der Waals surface area (Å²) in [7, 11) is 0. The van der Waals surface area contributed by atoms with E-state index in [1.165, 1.54) is 0 Å². The first kappa shape index (κ1) is 22.6. The van der Waals surface area contributed by atoms with Crippen LogP contribution < -0.4 is 10.2 Å². The largest absolute Gasteiger partial charge is 0.361 e. The molecule has 7 aromatic rings. The van der Waals surface area contributed by atoms with E-state index in [2.05, 4.69) is 20.4 Å². The molecule has 3 heterocycles. The van der Waals surface area contributed by atoms with Gasteiger partial charge in [0.15, 0.2) is 0 Å². The van der Waals surface area contributed by atoms with Crippen molar-refractivity contribution >= 4 is 62.1 Å². The van der Waals surface area contributed by atoms with Gasteiger partial charge in [0, 0.05) is 45.8 Å². The maximum atomic E-state index is 12.8. The lowest BCUT2D eigenvalue weighted by Gasteiger charge is -2.18. The van der Waals surface area contributed by atoms with Gasteiger partial charge in [0.2, 0.25) is 6.41 Å². The number of nitrogens with zero attached hydrogens (tertiary/aromatic N) is 3. The summed E-state index contributed by atoms with van der Waals surface area (Å²) in [6.45, 7) is 0. The number of anilines is 3. The molecule has 39 heavy (non-hydrogen) atoms. The minimum atomic E-state index is -0.175. The van der Waals surface area contributed by atoms with Crippen LogP contribution in [0.15, 0.2) is 110 Å². The third-order valence-corrected chi connectivity index (χ3v) is 6.94. The van der Waals surface area contributed by atoms with E-state index in [0.29, 0.717) is 11.3 Å². The molecule has 0 aliphatic heterocycles. The Kier molecular flexibility index (Phi) is 5.23. The van der Waals surface area contributed by atoms with Crippen LogP contribution in [-0.4, -0.2) is 32.1 Å². The van der Waals surface area contributed by atoms with Gasteiger partial charge in [-0.25, -0.2) is 4.68 Å². The maximum absolute atomic E-state index is 12.8. The Morgan fingerprint density at radius 1 is 0.769 bits per heavy atom. The molecule has 2 amide bonds. The van der Waals surface area contributed by atoms with Crippen LogP contribution in [0.2, 0.25) is 0 Å². The van der Waals surface area contributed by atoms with Crippen LogP contribution in [0.3, 0.4) is 0 Å². The second kappa shape index (κ2) is 9.04. The van der Waals surface area contributed by atoms with E-state index >= 15 is 0 Å². The van der Waals surface area contributed by atoms with E-state index in [-0.39, 0.29) is 5.91 Å². The van der Waals surface area contributed by atoms with Crippen molar-refractivity contribution in [1.29, 1.82) is 0 Å². The van der Waals surface area contributed by atoms with Crippen LogP contribution >= 0.6 is 0 Å². The van der Waals surface area contributed by atoms with Crippen molar-refractivity contribution in [2.75, 3.05) is 10.2 Å². The number of carbonyl (C=O) groups is 2. The van der Waals surface area contributed by atoms with Crippen LogP contribution in [0, 0.1) is 0 Å². The predicted molar refractivity (Wildman–Crippen MR) is 154 cm³/mol. The summed E-state index contributed by atoms with van der Waals surface area (Å²) in [4.78, 5) is 32.7. The third-order valence-electron chi connectivity index (χ3n) is 6.94. The fourth-order valence-electron chi connectivity index (χ4n) is 4.91. The van der Waals surface area contributed by atoms with Gasteiger partial charge in [0.1, 0.15) is 0 Å². The number of nitrogens with one attached hydrogen (secondary N) is 3. The zero-order chi connectivity index (χ0) is 26.3. The predicted octanol–water partition coefficient (Wildman–Crippen LogP) is 6.53. The van der Waals surface area contributed by atoms with Gasteiger partial charge >= 0.3 is 0 Å². The molecule has 8 nitrogen and oxygen atoms in total. The van der Waals surface area contributed by atoms with Crippen LogP contribution in [-0.2, 0) is 4.79 Å². The normalized spacial score (nSPS) is 11.3. The minimum absolute atomic E-state index is 0.175. The van der Waals surface area contributed by atoms with E-state index in [0.717, 1.165) is 56.2 Å². The number of benzene rings is 4. The average molecular weight is 511 g/mol. The second-order valence-electron chi connectivity index (χ2n) is 9.30. The molecular formula is C31H22N6O2. The van der Waals surface area contributed by atoms with Gasteiger partial charge in [-0.2, -0.15) is 5.10 Å². The number of carbonyl (C=O) groups excluding carboxylic acids is 2. The molecule has 3 N–H and O–H groups in total. The number of aromatic amines is 2. The van der Waals surface area contributed by atoms with Crippen LogP contribution in [0.1, 0.15) is 10.4 Å². The first-order valence-corrected chi connectivity index (χ1v) is 12.4. The summed E-state index contributed by atoms with van der Waals surface area (Å²) in [6.07, 6.45) is 6.33. The highest BCUT2D eigenvalue weighted by atomic mass is 16.1. The number of rotatable bonds is 6. The number of amides is 2. The van der Waals surface area contributed by atoms with Crippen LogP contribution in [0.25, 0.3) is 38.4 Å². The van der Waals surface area contributed by atoms with E-state index < -0.39 is 0 Å². The first-order valence-electron chi connectivity index (χ1n) is 12.4. The van der Waals surface area contributed by atoms with Gasteiger partial charge in [-0.3, -0.25) is 14.5 Å². The number of aromatic nitrogens is 4. The molecule has 0 radical (unpaired) electrons. The van der Waals surface area contributed by atoms with Crippen LogP contribution in [0.4, 0.5) is 17.1 Å². The molecule has 0 aliphatic carbocycles. The quantitative estimate of drug-likeness (QED) is 0.222. The number of fused-ring (bicyclic) bond motifs is 3. The average Bonchev–Trinajstić information content (AvgIpc) is 3.72. The molecule has 0 unspecified atom stereocenters. The van der Waals surface area contributed by atoms with E-state index in [9.17, 15) is 9.59 Å². The maximum Gasteiger partial charge on any atom is 0.255 e. The summed E-state index contributed by atoms with van der Waals surface area (Å²) in [6, 6.07) is 28.7. The van der Waals surface area contributed by atoms with Crippen molar-refractivity contribution < 1.29 is 9.59 Å². The highest BCUT2D eigenvalue weighted by molar-refractivity contribution is 6.06. The Hall–Kier alpha value is -5.63. The topological polar surface area (TPSA) is 98.8 Å². The standard InChI is InChI=1S/C31H22N6O2/c38-19-36(27-6-3-21-12-14-33-29(21)17-27)26-9-10-30-23(15-26)18-34-37(30)25-7-4-24(5-8-25)35-31(39)22-2-1-20-11-13-32-28(20)16-22/h1-19,32-33H,(H,35,39). The lowest BCUT2D eigenvalue weighted by molar-refractivity contribution is -0.106. The first-order chi connectivity index (χ1) is 19.2. The van der Waals surface area contributed by atoms with Crippen molar-refractivity contribution in [3.05, 3.63) is 115 Å². The SMILES string of the molecule is O=CN(c1ccc2c(cnn2-c2ccc(NC(=O)c3ccc4cc[nH]c4c3)cc2)c1)c1ccc2cc[nH]c2c1. The van der Waals surface area contributed by atoms with E-state index in [1.54, 1.807) is 11.1 Å². The zero-order valence-electron chi connectivity index (χ0n) is 20.6. The number of H-pyrrole nitrogens is 2. The highest BCUT2D eigenvalue weighted by Crippen LogP contribution is 2.30. The van der Waals surface area contributed by atoms with Crippen molar-refractivity contribution in [2.45, 2.75) is 0 Å². The number of hydrogen-bond donors (Lipinski definition) is 3. The van der Waals surface area contributed by atoms with Crippen molar-refractivity contribution in [3.8, 4) is 5.69 Å². The summed E-state index contributed by atoms with van der Waals surface area (Å²) in [5.74, 6) is -0.175. The third kappa shape index (κ3) is 4.00. The Balaban J connectivity index is 1.13. The second-order valence-corrected chi connectivity index (χ2v) is 9.30. The molecule has 0 aliphatic rings. The van der Waals surface area contributed by atoms with Crippen molar-refractivity contribution in [2.24, 2.45) is 0 Å². The summed E-state index contributed by atoms with van der Waals surface area (Å²) < 4.78 is 1.83. The monoisotopic (exact) mass is 510 g/mol. The van der Waals surface area contributed by atoms with Gasteiger partial charge < -0.3 is 15.3 Å². The van der Waals surface area contributed by atoms with Crippen molar-refractivity contribution in [1.82, 2.24) is 19.7 Å². The fourth-order valence-corrected chi connectivity index (χ4v) is 4.91. The molecule has 0 bridgehead atoms. The molecule has 0 saturated carbocycles. The lowest BCUT2D eigenvalue weighted by atomic mass is 10.1. The summed E-state index contributed by atoms with van der Waals surface area (Å²) in [5.41, 5.74) is 6.44. The van der Waals surface area contributed by atoms with Gasteiger partial charge in [0.05, 0.1) is 23.1 Å². The highest BCUT2D eigenvalue weighted by Gasteiger charge is 2.13.